The van der Waals surface area contributed by atoms with Gasteiger partial charge in [0.05, 0.1) is 26.5 Å². The summed E-state index contributed by atoms with van der Waals surface area (Å²) in [5.41, 5.74) is -2.15. The maximum Gasteiger partial charge on any atom is 0.411 e. The van der Waals surface area contributed by atoms with Gasteiger partial charge in [0, 0.05) is 10.5 Å². The standard InChI is InChI=1S/C23H13BrCl3F9N2O2/c24-14-5-10(2-4-13(23(34,35)36)11-6-15(25)18(27)16(26)7-11)1-3-12(14)19(39)38-17(8-21(28,29)30)20(40)37-9-22(31,32)33/h1-8,13H,9H2,(H,37,40)(H,38,39)/b4-2+,17-8+. The highest BCUT2D eigenvalue weighted by Gasteiger charge is 2.39. The highest BCUT2D eigenvalue weighted by atomic mass is 79.9. The molecular formula is C23H13BrCl3F9N2O2. The quantitative estimate of drug-likeness (QED) is 0.172. The van der Waals surface area contributed by atoms with Gasteiger partial charge in [-0.05, 0) is 51.3 Å². The van der Waals surface area contributed by atoms with Crippen molar-refractivity contribution < 1.29 is 49.1 Å². The summed E-state index contributed by atoms with van der Waals surface area (Å²) in [4.78, 5) is 24.3. The molecule has 0 saturated heterocycles. The zero-order valence-corrected chi connectivity index (χ0v) is 23.0. The van der Waals surface area contributed by atoms with Crippen LogP contribution in [0, 0.1) is 0 Å². The van der Waals surface area contributed by atoms with Gasteiger partial charge in [-0.3, -0.25) is 9.59 Å². The van der Waals surface area contributed by atoms with Gasteiger partial charge >= 0.3 is 18.5 Å². The van der Waals surface area contributed by atoms with Crippen LogP contribution in [0.5, 0.6) is 0 Å². The van der Waals surface area contributed by atoms with Crippen LogP contribution in [0.2, 0.25) is 15.1 Å². The van der Waals surface area contributed by atoms with E-state index in [2.05, 4.69) is 15.9 Å². The third-order valence-corrected chi connectivity index (χ3v) is 6.54. The number of benzene rings is 2. The van der Waals surface area contributed by atoms with E-state index in [1.165, 1.54) is 5.32 Å². The molecule has 0 aliphatic heterocycles. The number of hydrogen-bond donors (Lipinski definition) is 2. The fourth-order valence-electron chi connectivity index (χ4n) is 2.98. The van der Waals surface area contributed by atoms with Crippen LogP contribution in [-0.4, -0.2) is 36.9 Å². The molecule has 0 spiro atoms. The highest BCUT2D eigenvalue weighted by Crippen LogP contribution is 2.41. The molecule has 40 heavy (non-hydrogen) atoms. The summed E-state index contributed by atoms with van der Waals surface area (Å²) >= 11 is 20.4. The molecule has 1 unspecified atom stereocenters. The molecule has 2 amide bonds. The number of nitrogens with one attached hydrogen (secondary N) is 2. The average Bonchev–Trinajstić information content (AvgIpc) is 2.78. The molecule has 2 aromatic carbocycles. The summed E-state index contributed by atoms with van der Waals surface area (Å²) in [5, 5.41) is 2.23. The van der Waals surface area contributed by atoms with Crippen molar-refractivity contribution in [3.05, 3.63) is 84.4 Å². The Morgan fingerprint density at radius 3 is 1.98 bits per heavy atom. The maximum absolute atomic E-state index is 13.7. The Kier molecular flexibility index (Phi) is 11.0. The minimum absolute atomic E-state index is 0.0952. The van der Waals surface area contributed by atoms with Crippen molar-refractivity contribution in [1.82, 2.24) is 10.6 Å². The van der Waals surface area contributed by atoms with E-state index in [4.69, 9.17) is 34.8 Å². The minimum atomic E-state index is -5.18. The van der Waals surface area contributed by atoms with Crippen LogP contribution >= 0.6 is 50.7 Å². The van der Waals surface area contributed by atoms with Gasteiger partial charge in [0.25, 0.3) is 11.8 Å². The number of allylic oxidation sites excluding steroid dienone is 2. The summed E-state index contributed by atoms with van der Waals surface area (Å²) in [5.74, 6) is -5.38. The molecule has 2 rings (SSSR count). The third kappa shape index (κ3) is 10.2. The maximum atomic E-state index is 13.7. The number of alkyl halides is 9. The lowest BCUT2D eigenvalue weighted by atomic mass is 9.97. The molecule has 0 aliphatic rings. The summed E-state index contributed by atoms with van der Waals surface area (Å²) in [6, 6.07) is 5.23. The molecule has 4 nitrogen and oxygen atoms in total. The third-order valence-electron chi connectivity index (χ3n) is 4.69. The smallest absolute Gasteiger partial charge is 0.342 e. The number of halogens is 13. The normalized spacial score (nSPS) is 13.9. The van der Waals surface area contributed by atoms with Crippen molar-refractivity contribution in [3.8, 4) is 0 Å². The average molecular weight is 707 g/mol. The molecule has 0 bridgehead atoms. The van der Waals surface area contributed by atoms with Gasteiger partial charge in [0.1, 0.15) is 12.2 Å². The Morgan fingerprint density at radius 2 is 1.50 bits per heavy atom. The Bertz CT molecular complexity index is 1320. The fraction of sp³-hybridized carbons (Fsp3) is 0.217. The summed E-state index contributed by atoms with van der Waals surface area (Å²) in [7, 11) is 0. The molecule has 2 aromatic rings. The van der Waals surface area contributed by atoms with Gasteiger partial charge in [0.2, 0.25) is 0 Å². The lowest BCUT2D eigenvalue weighted by Gasteiger charge is -2.18. The molecule has 218 valence electrons. The molecule has 2 N–H and O–H groups in total. The second-order valence-electron chi connectivity index (χ2n) is 7.77. The van der Waals surface area contributed by atoms with Crippen LogP contribution in [0.1, 0.15) is 27.4 Å². The first-order valence-corrected chi connectivity index (χ1v) is 12.3. The summed E-state index contributed by atoms with van der Waals surface area (Å²) < 4.78 is 116. The van der Waals surface area contributed by atoms with Crippen molar-refractivity contribution in [2.24, 2.45) is 0 Å². The van der Waals surface area contributed by atoms with E-state index in [0.717, 1.165) is 42.5 Å². The SMILES string of the molecule is O=C(NCC(F)(F)F)/C(=C\C(F)(F)F)NC(=O)c1ccc(/C=C/C(c2cc(Cl)c(Cl)c(Cl)c2)C(F)(F)F)cc1Br. The first kappa shape index (κ1) is 33.8. The van der Waals surface area contributed by atoms with E-state index in [1.807, 2.05) is 0 Å². The molecule has 0 aromatic heterocycles. The fourth-order valence-corrected chi connectivity index (χ4v) is 4.17. The second kappa shape index (κ2) is 13.0. The lowest BCUT2D eigenvalue weighted by Crippen LogP contribution is -2.40. The Hall–Kier alpha value is -2.42. The Labute approximate surface area is 243 Å². The van der Waals surface area contributed by atoms with Gasteiger partial charge in [-0.25, -0.2) is 0 Å². The molecule has 1 atom stereocenters. The van der Waals surface area contributed by atoms with Crippen molar-refractivity contribution in [2.75, 3.05) is 6.54 Å². The van der Waals surface area contributed by atoms with Gasteiger partial charge in [-0.15, -0.1) is 0 Å². The van der Waals surface area contributed by atoms with Crippen LogP contribution in [-0.2, 0) is 4.79 Å². The highest BCUT2D eigenvalue weighted by molar-refractivity contribution is 9.10. The van der Waals surface area contributed by atoms with Crippen LogP contribution in [0.4, 0.5) is 39.5 Å². The Balaban J connectivity index is 2.32. The van der Waals surface area contributed by atoms with Crippen molar-refractivity contribution in [2.45, 2.75) is 24.4 Å². The number of rotatable bonds is 7. The summed E-state index contributed by atoms with van der Waals surface area (Å²) in [6.07, 6.45) is -13.8. The zero-order valence-electron chi connectivity index (χ0n) is 19.1. The first-order chi connectivity index (χ1) is 18.2. The van der Waals surface area contributed by atoms with Crippen molar-refractivity contribution in [3.63, 3.8) is 0 Å². The first-order valence-electron chi connectivity index (χ1n) is 10.3. The van der Waals surface area contributed by atoms with Gasteiger partial charge in [-0.2, -0.15) is 39.5 Å². The minimum Gasteiger partial charge on any atom is -0.342 e. The number of carbonyl (C=O) groups is 2. The number of hydrogen-bond acceptors (Lipinski definition) is 2. The van der Waals surface area contributed by atoms with Crippen molar-refractivity contribution >= 4 is 68.6 Å². The number of amides is 2. The molecule has 0 saturated carbocycles. The predicted molar refractivity (Wildman–Crippen MR) is 134 cm³/mol. The van der Waals surface area contributed by atoms with E-state index >= 15 is 0 Å². The topological polar surface area (TPSA) is 58.2 Å². The van der Waals surface area contributed by atoms with Gasteiger partial charge in [-0.1, -0.05) is 53.0 Å². The molecule has 0 radical (unpaired) electrons. The van der Waals surface area contributed by atoms with Crippen LogP contribution in [0.3, 0.4) is 0 Å². The second-order valence-corrected chi connectivity index (χ2v) is 9.81. The number of carbonyl (C=O) groups excluding carboxylic acids is 2. The Morgan fingerprint density at radius 1 is 0.925 bits per heavy atom. The molecule has 17 heteroatoms. The molecule has 0 fully saturated rings. The lowest BCUT2D eigenvalue weighted by molar-refractivity contribution is -0.139. The molecule has 0 heterocycles. The van der Waals surface area contributed by atoms with E-state index < -0.39 is 60.1 Å². The summed E-state index contributed by atoms with van der Waals surface area (Å²) in [6.45, 7) is -1.96. The van der Waals surface area contributed by atoms with Crippen LogP contribution < -0.4 is 10.6 Å². The van der Waals surface area contributed by atoms with Gasteiger partial charge in [0.15, 0.2) is 0 Å². The molecular weight excluding hydrogens is 694 g/mol. The molecule has 0 aliphatic carbocycles. The zero-order chi connectivity index (χ0) is 30.6. The van der Waals surface area contributed by atoms with Gasteiger partial charge < -0.3 is 10.6 Å². The predicted octanol–water partition coefficient (Wildman–Crippen LogP) is 8.62. The van der Waals surface area contributed by atoms with E-state index in [0.29, 0.717) is 0 Å². The van der Waals surface area contributed by atoms with E-state index in [-0.39, 0.29) is 30.7 Å². The van der Waals surface area contributed by atoms with E-state index in [1.54, 1.807) is 5.32 Å². The van der Waals surface area contributed by atoms with Crippen LogP contribution in [0.25, 0.3) is 6.08 Å². The van der Waals surface area contributed by atoms with Crippen LogP contribution in [0.15, 0.2) is 52.7 Å². The van der Waals surface area contributed by atoms with E-state index in [9.17, 15) is 49.1 Å². The monoisotopic (exact) mass is 704 g/mol. The largest absolute Gasteiger partial charge is 0.411 e. The van der Waals surface area contributed by atoms with Crippen molar-refractivity contribution in [1.29, 1.82) is 0 Å².